The first-order valence-electron chi connectivity index (χ1n) is 7.45. The van der Waals surface area contributed by atoms with E-state index in [2.05, 4.69) is 20.6 Å². The molecule has 2 rings (SSSR count). The molecule has 0 fully saturated rings. The van der Waals surface area contributed by atoms with Crippen molar-refractivity contribution in [2.45, 2.75) is 39.7 Å². The lowest BCUT2D eigenvalue weighted by Gasteiger charge is -2.13. The van der Waals surface area contributed by atoms with E-state index in [-0.39, 0.29) is 23.6 Å². The zero-order chi connectivity index (χ0) is 16.8. The molecule has 0 unspecified atom stereocenters. The summed E-state index contributed by atoms with van der Waals surface area (Å²) in [6.45, 7) is 6.11. The molecule has 1 atom stereocenters. The second kappa shape index (κ2) is 7.87. The molecule has 23 heavy (non-hydrogen) atoms. The van der Waals surface area contributed by atoms with Crippen molar-refractivity contribution in [3.8, 4) is 0 Å². The number of nitrogens with zero attached hydrogens (tertiary/aromatic N) is 2. The number of aryl methyl sites for hydroxylation is 2. The van der Waals surface area contributed by atoms with Gasteiger partial charge < -0.3 is 15.1 Å². The van der Waals surface area contributed by atoms with Gasteiger partial charge in [-0.05, 0) is 20.3 Å². The second-order valence-electron chi connectivity index (χ2n) is 5.14. The van der Waals surface area contributed by atoms with Gasteiger partial charge in [-0.15, -0.1) is 11.3 Å². The largest absolute Gasteiger partial charge is 0.448 e. The molecule has 0 aliphatic carbocycles. The Bertz CT molecular complexity index is 680. The lowest BCUT2D eigenvalue weighted by Crippen LogP contribution is -2.36. The number of carbonyl (C=O) groups excluding carboxylic acids is 2. The fraction of sp³-hybridized carbons (Fsp3) is 0.467. The summed E-state index contributed by atoms with van der Waals surface area (Å²) in [5, 5.41) is 6.50. The molecule has 124 valence electrons. The highest BCUT2D eigenvalue weighted by atomic mass is 32.1. The van der Waals surface area contributed by atoms with Crippen LogP contribution in [0.1, 0.15) is 51.3 Å². The third kappa shape index (κ3) is 4.88. The molecule has 2 aromatic rings. The van der Waals surface area contributed by atoms with Gasteiger partial charge in [0.15, 0.2) is 11.6 Å². The van der Waals surface area contributed by atoms with Crippen molar-refractivity contribution in [1.29, 1.82) is 0 Å². The van der Waals surface area contributed by atoms with Crippen LogP contribution in [0.5, 0.6) is 0 Å². The molecule has 0 saturated carbocycles. The lowest BCUT2D eigenvalue weighted by molar-refractivity contribution is 0.0932. The van der Waals surface area contributed by atoms with E-state index in [4.69, 9.17) is 4.42 Å². The highest BCUT2D eigenvalue weighted by Crippen LogP contribution is 2.10. The molecular weight excluding hydrogens is 316 g/mol. The molecule has 0 spiro atoms. The Morgan fingerprint density at radius 3 is 2.78 bits per heavy atom. The van der Waals surface area contributed by atoms with Crippen molar-refractivity contribution in [3.63, 3.8) is 0 Å². The van der Waals surface area contributed by atoms with Crippen molar-refractivity contribution in [2.24, 2.45) is 0 Å². The third-order valence-electron chi connectivity index (χ3n) is 3.17. The minimum absolute atomic E-state index is 0.0900. The molecule has 2 heterocycles. The van der Waals surface area contributed by atoms with Crippen molar-refractivity contribution in [3.05, 3.63) is 33.9 Å². The minimum Gasteiger partial charge on any atom is -0.448 e. The van der Waals surface area contributed by atoms with Crippen LogP contribution in [0.2, 0.25) is 0 Å². The quantitative estimate of drug-likeness (QED) is 0.805. The summed E-state index contributed by atoms with van der Waals surface area (Å²) in [7, 11) is 0. The van der Waals surface area contributed by atoms with Gasteiger partial charge in [0.25, 0.3) is 11.8 Å². The molecule has 0 aliphatic heterocycles. The van der Waals surface area contributed by atoms with Crippen LogP contribution in [0.25, 0.3) is 0 Å². The first-order valence-corrected chi connectivity index (χ1v) is 8.27. The van der Waals surface area contributed by atoms with Gasteiger partial charge in [-0.1, -0.05) is 6.92 Å². The van der Waals surface area contributed by atoms with Crippen LogP contribution in [0.4, 0.5) is 0 Å². The number of nitrogens with one attached hydrogen (secondary N) is 2. The maximum Gasteiger partial charge on any atom is 0.273 e. The van der Waals surface area contributed by atoms with Crippen molar-refractivity contribution in [1.82, 2.24) is 20.6 Å². The number of hydrogen-bond acceptors (Lipinski definition) is 6. The van der Waals surface area contributed by atoms with E-state index in [1.165, 1.54) is 17.6 Å². The molecule has 2 N–H and O–H groups in total. The Kier molecular flexibility index (Phi) is 5.86. The summed E-state index contributed by atoms with van der Waals surface area (Å²) >= 11 is 1.36. The van der Waals surface area contributed by atoms with Crippen molar-refractivity contribution >= 4 is 23.2 Å². The average Bonchev–Trinajstić information content (AvgIpc) is 3.15. The van der Waals surface area contributed by atoms with Crippen LogP contribution < -0.4 is 10.6 Å². The molecule has 0 radical (unpaired) electrons. The van der Waals surface area contributed by atoms with E-state index in [9.17, 15) is 9.59 Å². The zero-order valence-electron chi connectivity index (χ0n) is 13.4. The molecule has 2 aromatic heterocycles. The maximum absolute atomic E-state index is 12.0. The first-order chi connectivity index (χ1) is 11.0. The summed E-state index contributed by atoms with van der Waals surface area (Å²) in [6, 6.07) is -0.0900. The van der Waals surface area contributed by atoms with Crippen LogP contribution in [-0.4, -0.2) is 34.4 Å². The van der Waals surface area contributed by atoms with Crippen LogP contribution in [-0.2, 0) is 6.42 Å². The van der Waals surface area contributed by atoms with E-state index >= 15 is 0 Å². The lowest BCUT2D eigenvalue weighted by atomic mass is 10.2. The van der Waals surface area contributed by atoms with E-state index in [1.54, 1.807) is 6.20 Å². The average molecular weight is 336 g/mol. The van der Waals surface area contributed by atoms with Crippen LogP contribution in [0, 0.1) is 6.92 Å². The van der Waals surface area contributed by atoms with Gasteiger partial charge >= 0.3 is 0 Å². The molecule has 0 bridgehead atoms. The van der Waals surface area contributed by atoms with Gasteiger partial charge in [0.2, 0.25) is 0 Å². The molecule has 0 aliphatic rings. The van der Waals surface area contributed by atoms with Crippen LogP contribution >= 0.6 is 11.3 Å². The number of aromatic nitrogens is 2. The summed E-state index contributed by atoms with van der Waals surface area (Å²) in [5.74, 6) is 0.124. The number of oxazole rings is 1. The van der Waals surface area contributed by atoms with Crippen LogP contribution in [0.15, 0.2) is 16.9 Å². The van der Waals surface area contributed by atoms with Crippen molar-refractivity contribution < 1.29 is 14.0 Å². The summed E-state index contributed by atoms with van der Waals surface area (Å²) in [6.07, 6.45) is 4.19. The fourth-order valence-electron chi connectivity index (χ4n) is 1.90. The molecule has 2 amide bonds. The Morgan fingerprint density at radius 2 is 2.17 bits per heavy atom. The van der Waals surface area contributed by atoms with Gasteiger partial charge in [-0.2, -0.15) is 0 Å². The van der Waals surface area contributed by atoms with E-state index < -0.39 is 0 Å². The monoisotopic (exact) mass is 336 g/mol. The Labute approximate surface area is 138 Å². The highest BCUT2D eigenvalue weighted by molar-refractivity contribution is 7.13. The van der Waals surface area contributed by atoms with Crippen molar-refractivity contribution in [2.75, 3.05) is 6.54 Å². The number of thiazole rings is 1. The Balaban J connectivity index is 1.73. The number of carbonyl (C=O) groups is 2. The first kappa shape index (κ1) is 17.1. The third-order valence-corrected chi connectivity index (χ3v) is 4.08. The minimum atomic E-state index is -0.273. The number of hydrogen-bond donors (Lipinski definition) is 2. The molecular formula is C15H20N4O3S. The molecule has 0 saturated heterocycles. The van der Waals surface area contributed by atoms with Crippen LogP contribution in [0.3, 0.4) is 0 Å². The Morgan fingerprint density at radius 1 is 1.39 bits per heavy atom. The van der Waals surface area contributed by atoms with Gasteiger partial charge in [-0.3, -0.25) is 9.59 Å². The molecule has 0 aromatic carbocycles. The Hall–Kier alpha value is -2.22. The zero-order valence-corrected chi connectivity index (χ0v) is 14.2. The topological polar surface area (TPSA) is 97.1 Å². The van der Waals surface area contributed by atoms with E-state index in [0.717, 1.165) is 5.01 Å². The number of amides is 2. The fourth-order valence-corrected chi connectivity index (χ4v) is 2.60. The smallest absolute Gasteiger partial charge is 0.273 e. The summed E-state index contributed by atoms with van der Waals surface area (Å²) in [4.78, 5) is 32.6. The van der Waals surface area contributed by atoms with Gasteiger partial charge in [-0.25, -0.2) is 9.97 Å². The van der Waals surface area contributed by atoms with E-state index in [0.29, 0.717) is 30.2 Å². The summed E-state index contributed by atoms with van der Waals surface area (Å²) < 4.78 is 5.15. The predicted molar refractivity (Wildman–Crippen MR) is 86.6 cm³/mol. The molecule has 7 nitrogen and oxygen atoms in total. The predicted octanol–water partition coefficient (Wildman–Crippen LogP) is 1.94. The SMILES string of the molecule is CCc1nc(C(=O)N[C@@H](C)CCNC(=O)c2cnc(C)s2)co1. The van der Waals surface area contributed by atoms with Gasteiger partial charge in [0.1, 0.15) is 11.1 Å². The standard InChI is InChI=1S/C15H20N4O3S/c1-4-13-19-11(8-22-13)14(20)18-9(2)5-6-16-15(21)12-7-17-10(3)23-12/h7-9H,4-6H2,1-3H3,(H,16,21)(H,18,20)/t9-/m0/s1. The second-order valence-corrected chi connectivity index (χ2v) is 6.38. The number of rotatable bonds is 7. The van der Waals surface area contributed by atoms with Gasteiger partial charge in [0.05, 0.1) is 11.2 Å². The van der Waals surface area contributed by atoms with E-state index in [1.807, 2.05) is 20.8 Å². The maximum atomic E-state index is 12.0. The molecule has 8 heteroatoms. The normalized spacial score (nSPS) is 12.0. The van der Waals surface area contributed by atoms with Gasteiger partial charge in [0, 0.05) is 19.0 Å². The summed E-state index contributed by atoms with van der Waals surface area (Å²) in [5.41, 5.74) is 0.276. The highest BCUT2D eigenvalue weighted by Gasteiger charge is 2.14.